The Kier molecular flexibility index (Phi) is 5.03. The van der Waals surface area contributed by atoms with Crippen LogP contribution in [-0.4, -0.2) is 11.0 Å². The van der Waals surface area contributed by atoms with Gasteiger partial charge in [0.2, 0.25) is 0 Å². The molecular weight excluding hydrogens is 343 g/mol. The molecule has 0 amide bonds. The van der Waals surface area contributed by atoms with E-state index in [0.29, 0.717) is 11.3 Å². The normalized spacial score (nSPS) is 11.6. The Labute approximate surface area is 128 Å². The summed E-state index contributed by atoms with van der Waals surface area (Å²) in [6, 6.07) is 12.3. The molecule has 3 nitrogen and oxygen atoms in total. The summed E-state index contributed by atoms with van der Waals surface area (Å²) in [5.74, 6) is 0.102. The molecule has 104 valence electrons. The van der Waals surface area contributed by atoms with Crippen molar-refractivity contribution in [2.45, 2.75) is 10.6 Å². The first-order chi connectivity index (χ1) is 9.58. The van der Waals surface area contributed by atoms with Crippen molar-refractivity contribution >= 4 is 33.5 Å². The lowest BCUT2D eigenvalue weighted by Crippen LogP contribution is -2.13. The second-order valence-electron chi connectivity index (χ2n) is 4.08. The minimum Gasteiger partial charge on any atom is -0.409 e. The van der Waals surface area contributed by atoms with Crippen molar-refractivity contribution in [1.82, 2.24) is 0 Å². The van der Waals surface area contributed by atoms with Crippen molar-refractivity contribution in [3.8, 4) is 0 Å². The Hall–Kier alpha value is -1.53. The molecule has 0 saturated heterocycles. The molecule has 0 aromatic heterocycles. The van der Waals surface area contributed by atoms with E-state index in [1.54, 1.807) is 17.8 Å². The van der Waals surface area contributed by atoms with Gasteiger partial charge in [-0.15, -0.1) is 11.8 Å². The van der Waals surface area contributed by atoms with E-state index in [1.165, 1.54) is 12.1 Å². The Balaban J connectivity index is 2.13. The van der Waals surface area contributed by atoms with Crippen LogP contribution in [0.3, 0.4) is 0 Å². The van der Waals surface area contributed by atoms with Gasteiger partial charge < -0.3 is 10.9 Å². The fourth-order valence-corrected chi connectivity index (χ4v) is 2.73. The number of nitrogens with two attached hydrogens (primary N) is 1. The third-order valence-corrected chi connectivity index (χ3v) is 4.19. The molecule has 0 aliphatic heterocycles. The van der Waals surface area contributed by atoms with Gasteiger partial charge in [0, 0.05) is 20.7 Å². The molecule has 2 rings (SSSR count). The molecule has 6 heteroatoms. The molecule has 0 atom stereocenters. The van der Waals surface area contributed by atoms with E-state index in [-0.39, 0.29) is 5.84 Å². The highest BCUT2D eigenvalue weighted by Gasteiger charge is 2.05. The van der Waals surface area contributed by atoms with Crippen LogP contribution >= 0.6 is 27.7 Å². The topological polar surface area (TPSA) is 58.6 Å². The van der Waals surface area contributed by atoms with Crippen LogP contribution in [-0.2, 0) is 5.75 Å². The van der Waals surface area contributed by atoms with Crippen LogP contribution in [0, 0.1) is 5.82 Å². The molecule has 0 unspecified atom stereocenters. The number of benzene rings is 2. The zero-order chi connectivity index (χ0) is 14.5. The number of hydrogen-bond donors (Lipinski definition) is 2. The van der Waals surface area contributed by atoms with E-state index in [9.17, 15) is 4.39 Å². The van der Waals surface area contributed by atoms with Gasteiger partial charge in [0.1, 0.15) is 5.82 Å². The molecule has 0 heterocycles. The standard InChI is InChI=1S/C14H12BrFN2OS/c15-11-1-3-13(4-2-11)20-8-9-5-10(14(17)18-19)7-12(16)6-9/h1-7,19H,8H2,(H2,17,18). The van der Waals surface area contributed by atoms with Crippen LogP contribution < -0.4 is 5.73 Å². The maximum absolute atomic E-state index is 13.5. The lowest BCUT2D eigenvalue weighted by atomic mass is 10.1. The number of rotatable bonds is 4. The summed E-state index contributed by atoms with van der Waals surface area (Å²) in [5, 5.41) is 11.5. The molecule has 20 heavy (non-hydrogen) atoms. The Morgan fingerprint density at radius 3 is 2.60 bits per heavy atom. The van der Waals surface area contributed by atoms with Crippen LogP contribution in [0.15, 0.2) is 57.0 Å². The van der Waals surface area contributed by atoms with Crippen molar-refractivity contribution < 1.29 is 9.60 Å². The number of thioether (sulfide) groups is 1. The van der Waals surface area contributed by atoms with Gasteiger partial charge in [0.25, 0.3) is 0 Å². The molecule has 2 aromatic carbocycles. The second kappa shape index (κ2) is 6.76. The maximum atomic E-state index is 13.5. The number of nitrogens with zero attached hydrogens (tertiary/aromatic N) is 1. The predicted octanol–water partition coefficient (Wildman–Crippen LogP) is 3.98. The summed E-state index contributed by atoms with van der Waals surface area (Å²) < 4.78 is 14.5. The molecule has 0 bridgehead atoms. The quantitative estimate of drug-likeness (QED) is 0.287. The molecular formula is C14H12BrFN2OS. The lowest BCUT2D eigenvalue weighted by molar-refractivity contribution is 0.318. The monoisotopic (exact) mass is 354 g/mol. The zero-order valence-electron chi connectivity index (χ0n) is 10.4. The first kappa shape index (κ1) is 14.9. The average Bonchev–Trinajstić information content (AvgIpc) is 2.45. The predicted molar refractivity (Wildman–Crippen MR) is 82.6 cm³/mol. The van der Waals surface area contributed by atoms with Gasteiger partial charge in [0.15, 0.2) is 5.84 Å². The highest BCUT2D eigenvalue weighted by atomic mass is 79.9. The molecule has 0 radical (unpaired) electrons. The van der Waals surface area contributed by atoms with Crippen LogP contribution in [0.5, 0.6) is 0 Å². The van der Waals surface area contributed by atoms with E-state index in [2.05, 4.69) is 21.1 Å². The van der Waals surface area contributed by atoms with Crippen molar-refractivity contribution in [1.29, 1.82) is 0 Å². The number of halogens is 2. The fraction of sp³-hybridized carbons (Fsp3) is 0.0714. The first-order valence-corrected chi connectivity index (χ1v) is 7.52. The molecule has 0 saturated carbocycles. The van der Waals surface area contributed by atoms with Gasteiger partial charge in [-0.1, -0.05) is 21.1 Å². The molecule has 2 aromatic rings. The van der Waals surface area contributed by atoms with Gasteiger partial charge in [-0.25, -0.2) is 4.39 Å². The Morgan fingerprint density at radius 2 is 1.95 bits per heavy atom. The van der Waals surface area contributed by atoms with E-state index in [1.807, 2.05) is 24.3 Å². The molecule has 0 fully saturated rings. The summed E-state index contributed by atoms with van der Waals surface area (Å²) in [6.07, 6.45) is 0. The highest BCUT2D eigenvalue weighted by Crippen LogP contribution is 2.25. The fourth-order valence-electron chi connectivity index (χ4n) is 1.64. The van der Waals surface area contributed by atoms with Crippen molar-refractivity contribution in [2.24, 2.45) is 10.9 Å². The van der Waals surface area contributed by atoms with Crippen LogP contribution in [0.4, 0.5) is 4.39 Å². The van der Waals surface area contributed by atoms with Gasteiger partial charge in [-0.2, -0.15) is 0 Å². The molecule has 3 N–H and O–H groups in total. The summed E-state index contributed by atoms with van der Waals surface area (Å²) >= 11 is 4.96. The van der Waals surface area contributed by atoms with Crippen LogP contribution in [0.2, 0.25) is 0 Å². The number of oxime groups is 1. The number of amidine groups is 1. The van der Waals surface area contributed by atoms with Crippen molar-refractivity contribution in [3.63, 3.8) is 0 Å². The van der Waals surface area contributed by atoms with Gasteiger partial charge in [-0.05, 0) is 48.0 Å². The Morgan fingerprint density at radius 1 is 1.25 bits per heavy atom. The van der Waals surface area contributed by atoms with Gasteiger partial charge in [0.05, 0.1) is 0 Å². The smallest absolute Gasteiger partial charge is 0.170 e. The molecule has 0 aliphatic rings. The van der Waals surface area contributed by atoms with Crippen LogP contribution in [0.1, 0.15) is 11.1 Å². The third kappa shape index (κ3) is 3.98. The SMILES string of the molecule is N/C(=N/O)c1cc(F)cc(CSc2ccc(Br)cc2)c1. The summed E-state index contributed by atoms with van der Waals surface area (Å²) in [6.45, 7) is 0. The molecule has 0 aliphatic carbocycles. The van der Waals surface area contributed by atoms with Gasteiger partial charge >= 0.3 is 0 Å². The summed E-state index contributed by atoms with van der Waals surface area (Å²) in [7, 11) is 0. The van der Waals surface area contributed by atoms with Crippen molar-refractivity contribution in [2.75, 3.05) is 0 Å². The largest absolute Gasteiger partial charge is 0.409 e. The average molecular weight is 355 g/mol. The maximum Gasteiger partial charge on any atom is 0.170 e. The van der Waals surface area contributed by atoms with E-state index in [4.69, 9.17) is 10.9 Å². The van der Waals surface area contributed by atoms with Crippen molar-refractivity contribution in [3.05, 3.63) is 63.9 Å². The van der Waals surface area contributed by atoms with E-state index in [0.717, 1.165) is 14.9 Å². The minimum atomic E-state index is -0.402. The van der Waals surface area contributed by atoms with Crippen LogP contribution in [0.25, 0.3) is 0 Å². The highest BCUT2D eigenvalue weighted by molar-refractivity contribution is 9.10. The molecule has 0 spiro atoms. The lowest BCUT2D eigenvalue weighted by Gasteiger charge is -2.06. The Bertz CT molecular complexity index is 632. The third-order valence-electron chi connectivity index (χ3n) is 2.58. The summed E-state index contributed by atoms with van der Waals surface area (Å²) in [5.41, 5.74) is 6.63. The van der Waals surface area contributed by atoms with E-state index >= 15 is 0 Å². The minimum absolute atomic E-state index is 0.0978. The number of hydrogen-bond acceptors (Lipinski definition) is 3. The van der Waals surface area contributed by atoms with E-state index < -0.39 is 5.82 Å². The second-order valence-corrected chi connectivity index (χ2v) is 6.04. The first-order valence-electron chi connectivity index (χ1n) is 5.74. The summed E-state index contributed by atoms with van der Waals surface area (Å²) in [4.78, 5) is 1.09. The zero-order valence-corrected chi connectivity index (χ0v) is 12.8. The van der Waals surface area contributed by atoms with Gasteiger partial charge in [-0.3, -0.25) is 0 Å².